The summed E-state index contributed by atoms with van der Waals surface area (Å²) in [4.78, 5) is 2.44. The number of aliphatic hydroxyl groups excluding tert-OH is 1. The van der Waals surface area contributed by atoms with Crippen molar-refractivity contribution in [2.24, 2.45) is 11.3 Å². The summed E-state index contributed by atoms with van der Waals surface area (Å²) >= 11 is 0. The highest BCUT2D eigenvalue weighted by molar-refractivity contribution is 5.39. The lowest BCUT2D eigenvalue weighted by atomic mass is 9.75. The van der Waals surface area contributed by atoms with Gasteiger partial charge in [0.1, 0.15) is 0 Å². The molecule has 0 radical (unpaired) electrons. The summed E-state index contributed by atoms with van der Waals surface area (Å²) in [7, 11) is 0. The van der Waals surface area contributed by atoms with E-state index in [-0.39, 0.29) is 12.0 Å². The molecule has 0 saturated carbocycles. The van der Waals surface area contributed by atoms with Crippen molar-refractivity contribution in [2.45, 2.75) is 26.8 Å². The molecule has 0 aliphatic carbocycles. The van der Waals surface area contributed by atoms with E-state index in [1.807, 2.05) is 10.9 Å². The summed E-state index contributed by atoms with van der Waals surface area (Å²) in [5, 5.41) is 14.5. The lowest BCUT2D eigenvalue weighted by Gasteiger charge is -2.36. The maximum atomic E-state index is 9.94. The lowest BCUT2D eigenvalue weighted by Crippen LogP contribution is -2.41. The van der Waals surface area contributed by atoms with Crippen LogP contribution in [0.15, 0.2) is 30.6 Å². The number of ether oxygens (including phenoxy) is 1. The minimum atomic E-state index is 0.0301. The van der Waals surface area contributed by atoms with Crippen LogP contribution in [-0.4, -0.2) is 52.7 Å². The molecule has 1 aromatic heterocycles. The van der Waals surface area contributed by atoms with Crippen LogP contribution >= 0.6 is 0 Å². The molecule has 2 aliphatic heterocycles. The second-order valence-electron chi connectivity index (χ2n) is 7.77. The van der Waals surface area contributed by atoms with Crippen LogP contribution in [0.2, 0.25) is 0 Å². The van der Waals surface area contributed by atoms with Gasteiger partial charge >= 0.3 is 0 Å². The van der Waals surface area contributed by atoms with Gasteiger partial charge < -0.3 is 9.84 Å². The normalized spacial score (nSPS) is 26.8. The Balaban J connectivity index is 1.47. The number of aryl methyl sites for hydroxylation is 2. The molecular weight excluding hydrogens is 314 g/mol. The Hall–Kier alpha value is -1.69. The Morgan fingerprint density at radius 2 is 2.20 bits per heavy atom. The molecule has 134 valence electrons. The van der Waals surface area contributed by atoms with Crippen molar-refractivity contribution in [3.8, 4) is 5.69 Å². The van der Waals surface area contributed by atoms with Crippen LogP contribution in [0.4, 0.5) is 0 Å². The number of likely N-dealkylation sites (tertiary alicyclic amines) is 1. The van der Waals surface area contributed by atoms with Crippen LogP contribution in [0.5, 0.6) is 0 Å². The zero-order valence-electron chi connectivity index (χ0n) is 15.1. The SMILES string of the molecule is Cc1ccc(-n2cc(CN3C[C@@H]4COCC[C@]4(CO)C3)cn2)cc1C. The second kappa shape index (κ2) is 6.56. The predicted octanol–water partition coefficient (Wildman–Crippen LogP) is 2.32. The van der Waals surface area contributed by atoms with E-state index in [0.29, 0.717) is 5.92 Å². The van der Waals surface area contributed by atoms with Gasteiger partial charge in [-0.05, 0) is 43.5 Å². The molecule has 5 heteroatoms. The van der Waals surface area contributed by atoms with E-state index in [2.05, 4.69) is 48.2 Å². The van der Waals surface area contributed by atoms with E-state index in [0.717, 1.165) is 45.0 Å². The first-order valence-corrected chi connectivity index (χ1v) is 9.12. The summed E-state index contributed by atoms with van der Waals surface area (Å²) in [6, 6.07) is 6.43. The molecule has 2 atom stereocenters. The minimum Gasteiger partial charge on any atom is -0.396 e. The number of fused-ring (bicyclic) bond motifs is 1. The van der Waals surface area contributed by atoms with Crippen molar-refractivity contribution < 1.29 is 9.84 Å². The van der Waals surface area contributed by atoms with Gasteiger partial charge in [-0.15, -0.1) is 0 Å². The third-order valence-corrected chi connectivity index (χ3v) is 6.06. The fourth-order valence-corrected chi connectivity index (χ4v) is 4.25. The number of hydrogen-bond donors (Lipinski definition) is 1. The van der Waals surface area contributed by atoms with Crippen molar-refractivity contribution in [3.63, 3.8) is 0 Å². The maximum absolute atomic E-state index is 9.94. The summed E-state index contributed by atoms with van der Waals surface area (Å²) < 4.78 is 7.59. The standard InChI is InChI=1S/C20H27N3O2/c1-15-3-4-19(7-16(15)2)23-10-17(8-21-23)9-22-11-18-12-25-6-5-20(18,13-22)14-24/h3-4,7-8,10,18,24H,5-6,9,11-14H2,1-2H3/t18-,20-/m1/s1. The number of hydrogen-bond acceptors (Lipinski definition) is 4. The van der Waals surface area contributed by atoms with Gasteiger partial charge in [-0.3, -0.25) is 4.90 Å². The minimum absolute atomic E-state index is 0.0301. The fraction of sp³-hybridized carbons (Fsp3) is 0.550. The van der Waals surface area contributed by atoms with Crippen LogP contribution in [0.25, 0.3) is 5.69 Å². The summed E-state index contributed by atoms with van der Waals surface area (Å²) in [5.41, 5.74) is 4.92. The summed E-state index contributed by atoms with van der Waals surface area (Å²) in [5.74, 6) is 0.445. The molecule has 0 spiro atoms. The zero-order chi connectivity index (χ0) is 17.4. The van der Waals surface area contributed by atoms with Gasteiger partial charge in [0.2, 0.25) is 0 Å². The van der Waals surface area contributed by atoms with Gasteiger partial charge in [0.15, 0.2) is 0 Å². The highest BCUT2D eigenvalue weighted by atomic mass is 16.5. The topological polar surface area (TPSA) is 50.5 Å². The Morgan fingerprint density at radius 1 is 1.32 bits per heavy atom. The molecule has 1 N–H and O–H groups in total. The van der Waals surface area contributed by atoms with Crippen LogP contribution in [0, 0.1) is 25.2 Å². The van der Waals surface area contributed by atoms with E-state index < -0.39 is 0 Å². The van der Waals surface area contributed by atoms with Crippen molar-refractivity contribution in [3.05, 3.63) is 47.3 Å². The molecule has 25 heavy (non-hydrogen) atoms. The molecule has 0 unspecified atom stereocenters. The van der Waals surface area contributed by atoms with Crippen LogP contribution < -0.4 is 0 Å². The van der Waals surface area contributed by atoms with Gasteiger partial charge in [0.05, 0.1) is 25.1 Å². The van der Waals surface area contributed by atoms with E-state index >= 15 is 0 Å². The molecule has 2 aliphatic rings. The van der Waals surface area contributed by atoms with Crippen LogP contribution in [0.1, 0.15) is 23.1 Å². The van der Waals surface area contributed by atoms with Gasteiger partial charge in [-0.25, -0.2) is 4.68 Å². The second-order valence-corrected chi connectivity index (χ2v) is 7.77. The Bertz CT molecular complexity index is 757. The number of rotatable bonds is 4. The maximum Gasteiger partial charge on any atom is 0.0648 e. The Kier molecular flexibility index (Phi) is 4.40. The molecule has 4 rings (SSSR count). The Labute approximate surface area is 149 Å². The average Bonchev–Trinajstić information content (AvgIpc) is 3.22. The van der Waals surface area contributed by atoms with Crippen LogP contribution in [0.3, 0.4) is 0 Å². The van der Waals surface area contributed by atoms with Gasteiger partial charge in [0, 0.05) is 49.3 Å². The lowest BCUT2D eigenvalue weighted by molar-refractivity contribution is -0.0417. The third-order valence-electron chi connectivity index (χ3n) is 6.06. The van der Waals surface area contributed by atoms with E-state index in [1.54, 1.807) is 0 Å². The quantitative estimate of drug-likeness (QED) is 0.927. The van der Waals surface area contributed by atoms with Crippen molar-refractivity contribution in [1.82, 2.24) is 14.7 Å². The molecular formula is C20H27N3O2. The number of benzene rings is 1. The molecule has 5 nitrogen and oxygen atoms in total. The first-order chi connectivity index (χ1) is 12.1. The summed E-state index contributed by atoms with van der Waals surface area (Å²) in [6.07, 6.45) is 5.04. The summed E-state index contributed by atoms with van der Waals surface area (Å²) in [6.45, 7) is 8.89. The van der Waals surface area contributed by atoms with E-state index in [4.69, 9.17) is 4.74 Å². The smallest absolute Gasteiger partial charge is 0.0648 e. The average molecular weight is 341 g/mol. The third kappa shape index (κ3) is 3.12. The van der Waals surface area contributed by atoms with Gasteiger partial charge in [0.25, 0.3) is 0 Å². The zero-order valence-corrected chi connectivity index (χ0v) is 15.1. The highest BCUT2D eigenvalue weighted by Crippen LogP contribution is 2.42. The highest BCUT2D eigenvalue weighted by Gasteiger charge is 2.47. The first-order valence-electron chi connectivity index (χ1n) is 9.12. The first kappa shape index (κ1) is 16.8. The number of aromatic nitrogens is 2. The predicted molar refractivity (Wildman–Crippen MR) is 96.8 cm³/mol. The molecule has 2 saturated heterocycles. The molecule has 3 heterocycles. The molecule has 2 aromatic rings. The van der Waals surface area contributed by atoms with Crippen molar-refractivity contribution in [2.75, 3.05) is 32.9 Å². The molecule has 2 fully saturated rings. The largest absolute Gasteiger partial charge is 0.396 e. The van der Waals surface area contributed by atoms with Gasteiger partial charge in [-0.1, -0.05) is 6.07 Å². The Morgan fingerprint density at radius 3 is 2.96 bits per heavy atom. The molecule has 0 bridgehead atoms. The van der Waals surface area contributed by atoms with E-state index in [1.165, 1.54) is 16.7 Å². The monoisotopic (exact) mass is 341 g/mol. The molecule has 1 aromatic carbocycles. The van der Waals surface area contributed by atoms with Crippen molar-refractivity contribution >= 4 is 0 Å². The van der Waals surface area contributed by atoms with Gasteiger partial charge in [-0.2, -0.15) is 5.10 Å². The van der Waals surface area contributed by atoms with Crippen molar-refractivity contribution in [1.29, 1.82) is 0 Å². The van der Waals surface area contributed by atoms with E-state index in [9.17, 15) is 5.11 Å². The fourth-order valence-electron chi connectivity index (χ4n) is 4.25. The number of nitrogens with zero attached hydrogens (tertiary/aromatic N) is 3. The van der Waals surface area contributed by atoms with Crippen LogP contribution in [-0.2, 0) is 11.3 Å². The molecule has 0 amide bonds. The number of aliphatic hydroxyl groups is 1.